The lowest BCUT2D eigenvalue weighted by Gasteiger charge is -2.52. The Balaban J connectivity index is 1.08. The molecule has 3 atom stereocenters. The highest BCUT2D eigenvalue weighted by molar-refractivity contribution is 5.80. The molecule has 4 heteroatoms. The van der Waals surface area contributed by atoms with E-state index in [2.05, 4.69) is 64.1 Å². The van der Waals surface area contributed by atoms with Crippen LogP contribution in [0.1, 0.15) is 249 Å². The Hall–Kier alpha value is -2.62. The number of carboxylic acid groups (broad SMARTS) is 1. The summed E-state index contributed by atoms with van der Waals surface area (Å²) < 4.78 is 6.34. The molecule has 0 bridgehead atoms. The van der Waals surface area contributed by atoms with Gasteiger partial charge in [-0.1, -0.05) is 141 Å². The molecule has 0 heterocycles. The lowest BCUT2D eigenvalue weighted by molar-refractivity contribution is -0.166. The zero-order chi connectivity index (χ0) is 44.2. The lowest BCUT2D eigenvalue weighted by Crippen LogP contribution is -2.52. The number of hydrogen-bond donors (Lipinski definition) is 1. The molecule has 5 fully saturated rings. The molecule has 5 aliphatic rings. The number of ether oxygens (including phenoxy) is 1. The van der Waals surface area contributed by atoms with Crippen LogP contribution in [0.15, 0.2) is 48.5 Å². The monoisotopic (exact) mass is 863 g/mol. The van der Waals surface area contributed by atoms with Gasteiger partial charge in [0.25, 0.3) is 0 Å². The summed E-state index contributed by atoms with van der Waals surface area (Å²) in [5.41, 5.74) is 3.37. The maximum atomic E-state index is 14.6. The number of unbranched alkanes of at least 4 members (excludes halogenated alkanes) is 3. The molecule has 7 rings (SSSR count). The Morgan fingerprint density at radius 3 is 1.59 bits per heavy atom. The van der Waals surface area contributed by atoms with E-state index in [0.717, 1.165) is 69.1 Å². The summed E-state index contributed by atoms with van der Waals surface area (Å²) in [6.45, 7) is 9.21. The smallest absolute Gasteiger partial charge is 0.314 e. The van der Waals surface area contributed by atoms with Crippen LogP contribution in [0.2, 0.25) is 0 Å². The van der Waals surface area contributed by atoms with Crippen molar-refractivity contribution in [2.24, 2.45) is 46.8 Å². The Bertz CT molecular complexity index is 1660. The number of aliphatic carboxylic acids is 1. The highest BCUT2D eigenvalue weighted by Gasteiger charge is 2.57. The molecule has 1 N–H and O–H groups in total. The van der Waals surface area contributed by atoms with Crippen molar-refractivity contribution in [2.75, 3.05) is 0 Å². The summed E-state index contributed by atoms with van der Waals surface area (Å²) in [6, 6.07) is 18.2. The van der Waals surface area contributed by atoms with Crippen molar-refractivity contribution < 1.29 is 19.4 Å². The standard InChI is InChI=1S/C59H90O4/c1-5-9-11-14-45-19-25-50(26-20-45)51-31-36-54(56(60)63-53-34-29-49(30-35-53)47-23-17-44(13-8-4)18-24-47)55(42-51)59(57(61)62)40-38-58(39-41-59,37-10-6-2)52-32-27-48(28-33-52)46-21-15-43(12-7-3)16-22-46/h27-30,32-35,43-47,50-51,54-55H,5-26,31,36-42H2,1-4H3,(H,61,62)/t43?,44?,45?,46?,47?,50?,51-,54-,55?,58?,59?/m0/s1. The number of esters is 1. The average molecular weight is 863 g/mol. The van der Waals surface area contributed by atoms with Crippen LogP contribution >= 0.6 is 0 Å². The largest absolute Gasteiger partial charge is 0.481 e. The van der Waals surface area contributed by atoms with Crippen molar-refractivity contribution in [3.8, 4) is 5.75 Å². The van der Waals surface area contributed by atoms with E-state index in [0.29, 0.717) is 42.3 Å². The van der Waals surface area contributed by atoms with E-state index in [-0.39, 0.29) is 23.2 Å². The topological polar surface area (TPSA) is 63.6 Å². The van der Waals surface area contributed by atoms with E-state index in [1.807, 2.05) is 12.1 Å². The number of carboxylic acids is 1. The molecule has 5 aliphatic carbocycles. The summed E-state index contributed by atoms with van der Waals surface area (Å²) in [7, 11) is 0. The van der Waals surface area contributed by atoms with E-state index in [9.17, 15) is 14.7 Å². The Labute approximate surface area is 385 Å². The van der Waals surface area contributed by atoms with Gasteiger partial charge in [-0.2, -0.15) is 0 Å². The van der Waals surface area contributed by atoms with Crippen LogP contribution in [0.3, 0.4) is 0 Å². The van der Waals surface area contributed by atoms with Gasteiger partial charge in [0.15, 0.2) is 0 Å². The average Bonchev–Trinajstić information content (AvgIpc) is 3.32. The quantitative estimate of drug-likeness (QED) is 0.0868. The Kier molecular flexibility index (Phi) is 17.8. The fourth-order valence-corrected chi connectivity index (χ4v) is 14.8. The second-order valence-electron chi connectivity index (χ2n) is 22.5. The van der Waals surface area contributed by atoms with Crippen LogP contribution in [0.25, 0.3) is 0 Å². The third kappa shape index (κ3) is 11.9. The summed E-state index contributed by atoms with van der Waals surface area (Å²) in [5.74, 6) is 4.23. The number of carbonyl (C=O) groups is 2. The van der Waals surface area contributed by atoms with Crippen molar-refractivity contribution in [1.82, 2.24) is 0 Å². The zero-order valence-electron chi connectivity index (χ0n) is 40.7. The van der Waals surface area contributed by atoms with Gasteiger partial charge in [-0.3, -0.25) is 9.59 Å². The molecule has 5 saturated carbocycles. The third-order valence-corrected chi connectivity index (χ3v) is 18.9. The van der Waals surface area contributed by atoms with Crippen molar-refractivity contribution in [3.63, 3.8) is 0 Å². The van der Waals surface area contributed by atoms with E-state index in [1.54, 1.807) is 0 Å². The normalized spacial score (nSPS) is 34.0. The molecule has 0 amide bonds. The van der Waals surface area contributed by atoms with Gasteiger partial charge >= 0.3 is 11.9 Å². The van der Waals surface area contributed by atoms with Crippen LogP contribution in [0.4, 0.5) is 0 Å². The molecule has 1 unspecified atom stereocenters. The van der Waals surface area contributed by atoms with E-state index < -0.39 is 11.4 Å². The molecule has 2 aromatic rings. The minimum Gasteiger partial charge on any atom is -0.481 e. The third-order valence-electron chi connectivity index (χ3n) is 18.9. The highest BCUT2D eigenvalue weighted by Crippen LogP contribution is 2.59. The number of hydrogen-bond acceptors (Lipinski definition) is 3. The molecule has 0 spiro atoms. The molecule has 63 heavy (non-hydrogen) atoms. The number of rotatable bonds is 19. The van der Waals surface area contributed by atoms with Gasteiger partial charge in [0.05, 0.1) is 11.3 Å². The van der Waals surface area contributed by atoms with Gasteiger partial charge in [0, 0.05) is 0 Å². The van der Waals surface area contributed by atoms with Crippen LogP contribution in [0, 0.1) is 46.8 Å². The molecule has 2 aromatic carbocycles. The van der Waals surface area contributed by atoms with Crippen LogP contribution in [-0.2, 0) is 15.0 Å². The van der Waals surface area contributed by atoms with Crippen LogP contribution < -0.4 is 4.74 Å². The zero-order valence-corrected chi connectivity index (χ0v) is 40.7. The minimum absolute atomic E-state index is 0.0104. The minimum atomic E-state index is -0.910. The van der Waals surface area contributed by atoms with Crippen molar-refractivity contribution in [1.29, 1.82) is 0 Å². The predicted molar refractivity (Wildman–Crippen MR) is 261 cm³/mol. The maximum Gasteiger partial charge on any atom is 0.314 e. The van der Waals surface area contributed by atoms with Gasteiger partial charge in [-0.05, 0) is 197 Å². The van der Waals surface area contributed by atoms with Crippen LogP contribution in [-0.4, -0.2) is 17.0 Å². The second kappa shape index (κ2) is 23.2. The first-order chi connectivity index (χ1) is 30.7. The van der Waals surface area contributed by atoms with Crippen molar-refractivity contribution in [3.05, 3.63) is 65.2 Å². The first-order valence-corrected chi connectivity index (χ1v) is 27.4. The molecule has 0 aliphatic heterocycles. The molecule has 0 aromatic heterocycles. The summed E-state index contributed by atoms with van der Waals surface area (Å²) in [4.78, 5) is 28.7. The lowest BCUT2D eigenvalue weighted by atomic mass is 9.51. The van der Waals surface area contributed by atoms with Crippen LogP contribution in [0.5, 0.6) is 5.75 Å². The fraction of sp³-hybridized carbons (Fsp3) is 0.763. The number of benzene rings is 2. The summed E-state index contributed by atoms with van der Waals surface area (Å²) in [5, 5.41) is 11.6. The molecule has 0 saturated heterocycles. The predicted octanol–water partition coefficient (Wildman–Crippen LogP) is 16.9. The second-order valence-corrected chi connectivity index (χ2v) is 22.5. The van der Waals surface area contributed by atoms with Gasteiger partial charge < -0.3 is 9.84 Å². The van der Waals surface area contributed by atoms with E-state index >= 15 is 0 Å². The maximum absolute atomic E-state index is 14.6. The van der Waals surface area contributed by atoms with E-state index in [4.69, 9.17) is 4.74 Å². The summed E-state index contributed by atoms with van der Waals surface area (Å²) >= 11 is 0. The molecular weight excluding hydrogens is 773 g/mol. The first kappa shape index (κ1) is 48.3. The molecule has 350 valence electrons. The Morgan fingerprint density at radius 2 is 1.06 bits per heavy atom. The Morgan fingerprint density at radius 1 is 0.556 bits per heavy atom. The fourth-order valence-electron chi connectivity index (χ4n) is 14.8. The highest BCUT2D eigenvalue weighted by atomic mass is 16.5. The molecule has 0 radical (unpaired) electrons. The van der Waals surface area contributed by atoms with E-state index in [1.165, 1.54) is 145 Å². The van der Waals surface area contributed by atoms with Gasteiger partial charge in [0.1, 0.15) is 5.75 Å². The van der Waals surface area contributed by atoms with Crippen molar-refractivity contribution in [2.45, 2.75) is 238 Å². The van der Waals surface area contributed by atoms with Gasteiger partial charge in [-0.15, -0.1) is 0 Å². The molecular formula is C59H90O4. The van der Waals surface area contributed by atoms with Crippen molar-refractivity contribution >= 4 is 11.9 Å². The molecule has 4 nitrogen and oxygen atoms in total. The van der Waals surface area contributed by atoms with Gasteiger partial charge in [-0.25, -0.2) is 0 Å². The number of carbonyl (C=O) groups excluding carboxylic acids is 1. The van der Waals surface area contributed by atoms with Gasteiger partial charge in [0.2, 0.25) is 0 Å². The SMILES string of the molecule is CCCCCC1CCC([C@H]2CC[C@H](C(=O)Oc3ccc(C4CCC(CCC)CC4)cc3)C(C3(C(=O)O)CCC(CCCC)(c4ccc(C5CCC(CCC)CC5)cc4)CC3)C2)CC1. The summed E-state index contributed by atoms with van der Waals surface area (Å²) in [6.07, 6.45) is 35.4. The first-order valence-electron chi connectivity index (χ1n) is 27.4.